The number of benzene rings is 1. The SMILES string of the molecule is Cc1cc(C(=O)Cc2ccc(F)cc2Cl)c(C)nn1. The van der Waals surface area contributed by atoms with Gasteiger partial charge in [-0.05, 0) is 37.6 Å². The minimum absolute atomic E-state index is 0.107. The molecule has 1 heterocycles. The summed E-state index contributed by atoms with van der Waals surface area (Å²) < 4.78 is 12.9. The maximum absolute atomic E-state index is 12.9. The van der Waals surface area contributed by atoms with Crippen molar-refractivity contribution in [2.24, 2.45) is 0 Å². The Bertz CT molecular complexity index is 643. The molecule has 0 saturated carbocycles. The Morgan fingerprint density at radius 2 is 2.00 bits per heavy atom. The van der Waals surface area contributed by atoms with Crippen LogP contribution in [0.1, 0.15) is 27.3 Å². The average Bonchev–Trinajstić information content (AvgIpc) is 2.35. The predicted octanol–water partition coefficient (Wildman–Crippen LogP) is 3.31. The number of Topliss-reactive ketones (excluding diaryl/α,β-unsaturated/α-hetero) is 1. The summed E-state index contributed by atoms with van der Waals surface area (Å²) in [6, 6.07) is 5.71. The van der Waals surface area contributed by atoms with Crippen LogP contribution in [-0.2, 0) is 6.42 Å². The van der Waals surface area contributed by atoms with Crippen LogP contribution in [0, 0.1) is 19.7 Å². The number of aryl methyl sites for hydroxylation is 2. The first-order valence-corrected chi connectivity index (χ1v) is 6.13. The van der Waals surface area contributed by atoms with Crippen molar-refractivity contribution >= 4 is 17.4 Å². The number of hydrogen-bond donors (Lipinski definition) is 0. The summed E-state index contributed by atoms with van der Waals surface area (Å²) in [5.41, 5.74) is 2.38. The molecule has 0 bridgehead atoms. The van der Waals surface area contributed by atoms with Gasteiger partial charge in [0.25, 0.3) is 0 Å². The molecule has 2 rings (SSSR count). The molecule has 3 nitrogen and oxygen atoms in total. The van der Waals surface area contributed by atoms with Crippen LogP contribution in [0.5, 0.6) is 0 Å². The lowest BCUT2D eigenvalue weighted by atomic mass is 10.0. The fourth-order valence-corrected chi connectivity index (χ4v) is 2.00. The number of nitrogens with zero attached hydrogens (tertiary/aromatic N) is 2. The highest BCUT2D eigenvalue weighted by atomic mass is 35.5. The van der Waals surface area contributed by atoms with E-state index in [2.05, 4.69) is 10.2 Å². The number of aromatic nitrogens is 2. The molecule has 0 aliphatic heterocycles. The van der Waals surface area contributed by atoms with E-state index in [1.54, 1.807) is 19.9 Å². The molecule has 0 amide bonds. The van der Waals surface area contributed by atoms with Gasteiger partial charge in [-0.2, -0.15) is 10.2 Å². The summed E-state index contributed by atoms with van der Waals surface area (Å²) in [7, 11) is 0. The topological polar surface area (TPSA) is 42.9 Å². The third-order valence-electron chi connectivity index (χ3n) is 2.77. The standard InChI is InChI=1S/C14H12ClFN2O/c1-8-5-12(9(2)18-17-8)14(19)6-10-3-4-11(16)7-13(10)15/h3-5,7H,6H2,1-2H3. The fraction of sp³-hybridized carbons (Fsp3) is 0.214. The van der Waals surface area contributed by atoms with Crippen LogP contribution in [0.3, 0.4) is 0 Å². The second kappa shape index (κ2) is 5.45. The van der Waals surface area contributed by atoms with Gasteiger partial charge in [0.05, 0.1) is 11.4 Å². The van der Waals surface area contributed by atoms with Crippen LogP contribution in [-0.4, -0.2) is 16.0 Å². The van der Waals surface area contributed by atoms with Gasteiger partial charge in [0.2, 0.25) is 0 Å². The zero-order valence-electron chi connectivity index (χ0n) is 10.6. The highest BCUT2D eigenvalue weighted by Crippen LogP contribution is 2.20. The van der Waals surface area contributed by atoms with Gasteiger partial charge in [0, 0.05) is 17.0 Å². The molecule has 0 spiro atoms. The Labute approximate surface area is 115 Å². The molecular weight excluding hydrogens is 267 g/mol. The first-order chi connectivity index (χ1) is 8.97. The Morgan fingerprint density at radius 1 is 1.26 bits per heavy atom. The van der Waals surface area contributed by atoms with E-state index in [9.17, 15) is 9.18 Å². The van der Waals surface area contributed by atoms with Gasteiger partial charge in [0.1, 0.15) is 5.82 Å². The van der Waals surface area contributed by atoms with E-state index in [4.69, 9.17) is 11.6 Å². The van der Waals surface area contributed by atoms with E-state index >= 15 is 0 Å². The van der Waals surface area contributed by atoms with Crippen molar-refractivity contribution in [2.75, 3.05) is 0 Å². The minimum atomic E-state index is -0.418. The van der Waals surface area contributed by atoms with Crippen molar-refractivity contribution < 1.29 is 9.18 Å². The van der Waals surface area contributed by atoms with Crippen LogP contribution in [0.4, 0.5) is 4.39 Å². The molecule has 0 radical (unpaired) electrons. The van der Waals surface area contributed by atoms with E-state index in [-0.39, 0.29) is 17.2 Å². The summed E-state index contributed by atoms with van der Waals surface area (Å²) in [6.07, 6.45) is 0.116. The lowest BCUT2D eigenvalue weighted by Gasteiger charge is -2.06. The molecule has 0 aliphatic rings. The van der Waals surface area contributed by atoms with Crippen LogP contribution in [0.25, 0.3) is 0 Å². The van der Waals surface area contributed by atoms with Crippen molar-refractivity contribution in [3.63, 3.8) is 0 Å². The molecule has 1 aromatic heterocycles. The Morgan fingerprint density at radius 3 is 2.68 bits per heavy atom. The Balaban J connectivity index is 2.28. The molecule has 98 valence electrons. The van der Waals surface area contributed by atoms with E-state index < -0.39 is 5.82 Å². The molecule has 19 heavy (non-hydrogen) atoms. The zero-order chi connectivity index (χ0) is 14.0. The second-order valence-electron chi connectivity index (χ2n) is 4.32. The summed E-state index contributed by atoms with van der Waals surface area (Å²) in [6.45, 7) is 3.50. The lowest BCUT2D eigenvalue weighted by Crippen LogP contribution is -2.09. The normalized spacial score (nSPS) is 10.5. The van der Waals surface area contributed by atoms with Gasteiger partial charge < -0.3 is 0 Å². The maximum atomic E-state index is 12.9. The van der Waals surface area contributed by atoms with Crippen LogP contribution in [0.15, 0.2) is 24.3 Å². The monoisotopic (exact) mass is 278 g/mol. The third kappa shape index (κ3) is 3.15. The summed E-state index contributed by atoms with van der Waals surface area (Å²) in [4.78, 5) is 12.2. The summed E-state index contributed by atoms with van der Waals surface area (Å²) in [5.74, 6) is -0.525. The average molecular weight is 279 g/mol. The summed E-state index contributed by atoms with van der Waals surface area (Å²) in [5, 5.41) is 8.05. The van der Waals surface area contributed by atoms with Crippen molar-refractivity contribution in [2.45, 2.75) is 20.3 Å². The quantitative estimate of drug-likeness (QED) is 0.809. The Kier molecular flexibility index (Phi) is 3.90. The van der Waals surface area contributed by atoms with E-state index in [1.807, 2.05) is 0 Å². The van der Waals surface area contributed by atoms with Gasteiger partial charge in [-0.15, -0.1) is 0 Å². The van der Waals surface area contributed by atoms with Gasteiger partial charge in [-0.3, -0.25) is 4.79 Å². The van der Waals surface area contributed by atoms with Crippen LogP contribution < -0.4 is 0 Å². The predicted molar refractivity (Wildman–Crippen MR) is 71.0 cm³/mol. The highest BCUT2D eigenvalue weighted by Gasteiger charge is 2.14. The fourth-order valence-electron chi connectivity index (χ4n) is 1.77. The molecular formula is C14H12ClFN2O. The largest absolute Gasteiger partial charge is 0.294 e. The minimum Gasteiger partial charge on any atom is -0.294 e. The van der Waals surface area contributed by atoms with Gasteiger partial charge in [-0.25, -0.2) is 4.39 Å². The number of ketones is 1. The van der Waals surface area contributed by atoms with E-state index in [0.717, 1.165) is 0 Å². The van der Waals surface area contributed by atoms with Crippen molar-refractivity contribution in [1.82, 2.24) is 10.2 Å². The number of carbonyl (C=O) groups excluding carboxylic acids is 1. The zero-order valence-corrected chi connectivity index (χ0v) is 11.3. The first-order valence-electron chi connectivity index (χ1n) is 5.75. The van der Waals surface area contributed by atoms with Crippen molar-refractivity contribution in [3.8, 4) is 0 Å². The van der Waals surface area contributed by atoms with Crippen LogP contribution >= 0.6 is 11.6 Å². The highest BCUT2D eigenvalue weighted by molar-refractivity contribution is 6.31. The van der Waals surface area contributed by atoms with Crippen LogP contribution in [0.2, 0.25) is 5.02 Å². The molecule has 1 aromatic carbocycles. The third-order valence-corrected chi connectivity index (χ3v) is 3.12. The molecule has 0 saturated heterocycles. The molecule has 2 aromatic rings. The van der Waals surface area contributed by atoms with Gasteiger partial charge >= 0.3 is 0 Å². The van der Waals surface area contributed by atoms with Crippen molar-refractivity contribution in [3.05, 3.63) is 57.6 Å². The molecule has 5 heteroatoms. The second-order valence-corrected chi connectivity index (χ2v) is 4.73. The number of carbonyl (C=O) groups is 1. The first kappa shape index (κ1) is 13.6. The smallest absolute Gasteiger partial charge is 0.169 e. The van der Waals surface area contributed by atoms with Crippen molar-refractivity contribution in [1.29, 1.82) is 0 Å². The molecule has 0 unspecified atom stereocenters. The number of hydrogen-bond acceptors (Lipinski definition) is 3. The molecule has 0 aliphatic carbocycles. The van der Waals surface area contributed by atoms with E-state index in [1.165, 1.54) is 18.2 Å². The Hall–Kier alpha value is -1.81. The summed E-state index contributed by atoms with van der Waals surface area (Å²) >= 11 is 5.91. The molecule has 0 atom stereocenters. The molecule has 0 N–H and O–H groups in total. The number of rotatable bonds is 3. The molecule has 0 fully saturated rings. The van der Waals surface area contributed by atoms with E-state index in [0.29, 0.717) is 22.5 Å². The lowest BCUT2D eigenvalue weighted by molar-refractivity contribution is 0.0991. The number of halogens is 2. The van der Waals surface area contributed by atoms with Gasteiger partial charge in [-0.1, -0.05) is 17.7 Å². The van der Waals surface area contributed by atoms with Gasteiger partial charge in [0.15, 0.2) is 5.78 Å². The maximum Gasteiger partial charge on any atom is 0.169 e.